The third kappa shape index (κ3) is 4.52. The fourth-order valence-electron chi connectivity index (χ4n) is 2.91. The summed E-state index contributed by atoms with van der Waals surface area (Å²) < 4.78 is 0. The predicted octanol–water partition coefficient (Wildman–Crippen LogP) is 3.11. The minimum Gasteiger partial charge on any atom is -0.370 e. The predicted molar refractivity (Wildman–Crippen MR) is 85.9 cm³/mol. The second-order valence-corrected chi connectivity index (χ2v) is 6.40. The van der Waals surface area contributed by atoms with Crippen LogP contribution in [-0.2, 0) is 0 Å². The number of nitrogens with two attached hydrogens (primary N) is 1. The van der Waals surface area contributed by atoms with Gasteiger partial charge in [0.15, 0.2) is 5.16 Å². The number of rotatable bonds is 6. The van der Waals surface area contributed by atoms with E-state index in [2.05, 4.69) is 27.6 Å². The summed E-state index contributed by atoms with van der Waals surface area (Å²) >= 11 is 1.52. The lowest BCUT2D eigenvalue weighted by Crippen LogP contribution is -2.17. The van der Waals surface area contributed by atoms with Crippen LogP contribution in [0.1, 0.15) is 39.0 Å². The summed E-state index contributed by atoms with van der Waals surface area (Å²) in [4.78, 5) is 8.70. The van der Waals surface area contributed by atoms with Crippen LogP contribution in [0.25, 0.3) is 0 Å². The van der Waals surface area contributed by atoms with E-state index in [4.69, 9.17) is 5.84 Å². The average molecular weight is 295 g/mol. The molecule has 6 heteroatoms. The van der Waals surface area contributed by atoms with E-state index in [1.54, 1.807) is 0 Å². The van der Waals surface area contributed by atoms with Gasteiger partial charge in [-0.3, -0.25) is 0 Å². The molecule has 5 nitrogen and oxygen atoms in total. The van der Waals surface area contributed by atoms with E-state index in [0.29, 0.717) is 5.82 Å². The van der Waals surface area contributed by atoms with E-state index in [9.17, 15) is 0 Å². The number of aromatic nitrogens is 2. The number of hydrazine groups is 1. The Bertz CT molecular complexity index is 404. The molecule has 0 aromatic carbocycles. The van der Waals surface area contributed by atoms with Crippen LogP contribution >= 0.6 is 11.8 Å². The number of anilines is 2. The van der Waals surface area contributed by atoms with Crippen LogP contribution in [0.5, 0.6) is 0 Å². The molecular formula is C14H25N5S. The summed E-state index contributed by atoms with van der Waals surface area (Å²) in [5.74, 6) is 8.68. The normalized spacial score (nSPS) is 22.6. The molecule has 2 rings (SSSR count). The molecule has 4 N–H and O–H groups in total. The molecule has 0 saturated heterocycles. The quantitative estimate of drug-likeness (QED) is 0.324. The van der Waals surface area contributed by atoms with Crippen molar-refractivity contribution in [3.05, 3.63) is 6.07 Å². The van der Waals surface area contributed by atoms with Crippen molar-refractivity contribution in [1.29, 1.82) is 0 Å². The number of hydrogen-bond acceptors (Lipinski definition) is 6. The lowest BCUT2D eigenvalue weighted by molar-refractivity contribution is 0.274. The van der Waals surface area contributed by atoms with Crippen molar-refractivity contribution in [3.8, 4) is 0 Å². The van der Waals surface area contributed by atoms with Crippen LogP contribution in [0.15, 0.2) is 11.2 Å². The molecule has 0 spiro atoms. The van der Waals surface area contributed by atoms with Gasteiger partial charge in [-0.15, -0.1) is 0 Å². The Morgan fingerprint density at radius 2 is 2.15 bits per heavy atom. The summed E-state index contributed by atoms with van der Waals surface area (Å²) in [7, 11) is 0. The van der Waals surface area contributed by atoms with Gasteiger partial charge in [0.1, 0.15) is 11.6 Å². The van der Waals surface area contributed by atoms with Crippen molar-refractivity contribution >= 4 is 23.4 Å². The summed E-state index contributed by atoms with van der Waals surface area (Å²) in [5.41, 5.74) is 2.58. The molecule has 0 aliphatic heterocycles. The van der Waals surface area contributed by atoms with Gasteiger partial charge in [0.05, 0.1) is 0 Å². The van der Waals surface area contributed by atoms with Crippen LogP contribution < -0.4 is 16.6 Å². The van der Waals surface area contributed by atoms with Crippen LogP contribution in [0.2, 0.25) is 0 Å². The highest BCUT2D eigenvalue weighted by atomic mass is 32.2. The lowest BCUT2D eigenvalue weighted by atomic mass is 9.81. The highest BCUT2D eigenvalue weighted by molar-refractivity contribution is 7.98. The first-order valence-corrected chi connectivity index (χ1v) is 8.57. The number of thioether (sulfide) groups is 1. The summed E-state index contributed by atoms with van der Waals surface area (Å²) in [6.45, 7) is 3.33. The molecule has 20 heavy (non-hydrogen) atoms. The first kappa shape index (κ1) is 15.4. The maximum atomic E-state index is 5.43. The van der Waals surface area contributed by atoms with Crippen molar-refractivity contribution in [2.24, 2.45) is 17.7 Å². The van der Waals surface area contributed by atoms with Gasteiger partial charge in [-0.1, -0.05) is 37.9 Å². The van der Waals surface area contributed by atoms with Crippen molar-refractivity contribution in [1.82, 2.24) is 9.97 Å². The molecule has 0 amide bonds. The van der Waals surface area contributed by atoms with Crippen molar-refractivity contribution in [2.45, 2.75) is 44.2 Å². The Labute approximate surface area is 125 Å². The zero-order chi connectivity index (χ0) is 14.4. The molecule has 1 aromatic rings. The zero-order valence-electron chi connectivity index (χ0n) is 12.4. The van der Waals surface area contributed by atoms with Gasteiger partial charge in [-0.2, -0.15) is 0 Å². The van der Waals surface area contributed by atoms with E-state index < -0.39 is 0 Å². The van der Waals surface area contributed by atoms with Crippen LogP contribution in [0, 0.1) is 11.8 Å². The molecule has 1 aliphatic carbocycles. The second kappa shape index (κ2) is 7.69. The fourth-order valence-corrected chi connectivity index (χ4v) is 3.29. The summed E-state index contributed by atoms with van der Waals surface area (Å²) in [6, 6.07) is 1.85. The molecule has 0 bridgehead atoms. The first-order valence-electron chi connectivity index (χ1n) is 7.34. The Morgan fingerprint density at radius 1 is 1.35 bits per heavy atom. The number of hydrogen-bond donors (Lipinski definition) is 3. The Kier molecular flexibility index (Phi) is 5.91. The van der Waals surface area contributed by atoms with E-state index in [1.807, 2.05) is 12.3 Å². The number of nitrogens with one attached hydrogen (secondary N) is 2. The van der Waals surface area contributed by atoms with Gasteiger partial charge in [0, 0.05) is 12.6 Å². The molecule has 1 aromatic heterocycles. The highest BCUT2D eigenvalue weighted by Gasteiger charge is 2.18. The minimum atomic E-state index is 0.651. The van der Waals surface area contributed by atoms with Gasteiger partial charge in [-0.25, -0.2) is 15.8 Å². The van der Waals surface area contributed by atoms with Gasteiger partial charge in [-0.05, 0) is 30.9 Å². The first-order chi connectivity index (χ1) is 9.71. The zero-order valence-corrected chi connectivity index (χ0v) is 13.2. The van der Waals surface area contributed by atoms with Gasteiger partial charge in [0.25, 0.3) is 0 Å². The largest absolute Gasteiger partial charge is 0.370 e. The Hall–Kier alpha value is -1.01. The third-order valence-electron chi connectivity index (χ3n) is 3.94. The van der Waals surface area contributed by atoms with Gasteiger partial charge in [0.2, 0.25) is 0 Å². The van der Waals surface area contributed by atoms with E-state index in [-0.39, 0.29) is 0 Å². The van der Waals surface area contributed by atoms with Crippen LogP contribution in [0.3, 0.4) is 0 Å². The topological polar surface area (TPSA) is 75.9 Å². The van der Waals surface area contributed by atoms with Gasteiger partial charge < -0.3 is 10.7 Å². The molecule has 2 atom stereocenters. The van der Waals surface area contributed by atoms with E-state index >= 15 is 0 Å². The lowest BCUT2D eigenvalue weighted by Gasteiger charge is -2.26. The van der Waals surface area contributed by atoms with Crippen molar-refractivity contribution in [2.75, 3.05) is 23.5 Å². The third-order valence-corrected chi connectivity index (χ3v) is 4.49. The maximum Gasteiger partial charge on any atom is 0.191 e. The minimum absolute atomic E-state index is 0.651. The second-order valence-electron chi connectivity index (χ2n) is 5.62. The molecule has 1 saturated carbocycles. The monoisotopic (exact) mass is 295 g/mol. The summed E-state index contributed by atoms with van der Waals surface area (Å²) in [5, 5.41) is 4.13. The Morgan fingerprint density at radius 3 is 2.85 bits per heavy atom. The van der Waals surface area contributed by atoms with Gasteiger partial charge >= 0.3 is 0 Å². The standard InChI is InChI=1S/C14H25N5S/c1-10-4-3-5-11(8-10)6-7-16-12-9-13(19-15)18-14(17-12)20-2/h9-11H,3-8,15H2,1-2H3,(H2,16,17,18,19). The van der Waals surface area contributed by atoms with Crippen molar-refractivity contribution in [3.63, 3.8) is 0 Å². The maximum absolute atomic E-state index is 5.43. The van der Waals surface area contributed by atoms with E-state index in [0.717, 1.165) is 29.4 Å². The smallest absolute Gasteiger partial charge is 0.191 e. The SMILES string of the molecule is CSc1nc(NN)cc(NCCC2CCCC(C)C2)n1. The average Bonchev–Trinajstić information content (AvgIpc) is 2.47. The van der Waals surface area contributed by atoms with Crippen LogP contribution in [-0.4, -0.2) is 22.8 Å². The number of nitrogens with zero attached hydrogens (tertiary/aromatic N) is 2. The molecule has 112 valence electrons. The number of nitrogen functional groups attached to an aromatic ring is 1. The molecule has 1 aliphatic rings. The molecule has 1 heterocycles. The molecule has 2 unspecified atom stereocenters. The molecule has 0 radical (unpaired) electrons. The molecule has 1 fully saturated rings. The van der Waals surface area contributed by atoms with Crippen LogP contribution in [0.4, 0.5) is 11.6 Å². The fraction of sp³-hybridized carbons (Fsp3) is 0.714. The summed E-state index contributed by atoms with van der Waals surface area (Å²) in [6.07, 6.45) is 8.71. The van der Waals surface area contributed by atoms with E-state index in [1.165, 1.54) is 43.9 Å². The Balaban J connectivity index is 1.84. The highest BCUT2D eigenvalue weighted by Crippen LogP contribution is 2.30. The molecular weight excluding hydrogens is 270 g/mol. The van der Waals surface area contributed by atoms with Crippen molar-refractivity contribution < 1.29 is 0 Å².